The number of fused-ring (bicyclic) bond motifs is 1. The van der Waals surface area contributed by atoms with E-state index in [9.17, 15) is 19.7 Å². The van der Waals surface area contributed by atoms with Gasteiger partial charge in [0.1, 0.15) is 0 Å². The fraction of sp³-hybridized carbons (Fsp3) is 0.0909. The van der Waals surface area contributed by atoms with Crippen LogP contribution in [0.2, 0.25) is 0 Å². The molecule has 1 aromatic heterocycles. The molecule has 4 aromatic carbocycles. The second-order valence-corrected chi connectivity index (χ2v) is 9.43. The van der Waals surface area contributed by atoms with Gasteiger partial charge in [-0.2, -0.15) is 9.78 Å². The number of hydrogen-bond donors (Lipinski definition) is 0. The van der Waals surface area contributed by atoms with Crippen molar-refractivity contribution in [3.05, 3.63) is 134 Å². The SMILES string of the molecule is CCOc1cc(C=Nn2c(-c3ccc(C)cc3)nc3ccccc3c2=O)ccc1OC(=O)/C=C/c1cccc([N+](=O)[O-])c1. The van der Waals surface area contributed by atoms with Crippen LogP contribution in [0.4, 0.5) is 5.69 Å². The van der Waals surface area contributed by atoms with E-state index in [2.05, 4.69) is 5.10 Å². The van der Waals surface area contributed by atoms with Crippen molar-refractivity contribution in [3.8, 4) is 22.9 Å². The highest BCUT2D eigenvalue weighted by Gasteiger charge is 2.14. The summed E-state index contributed by atoms with van der Waals surface area (Å²) in [4.78, 5) is 41.2. The van der Waals surface area contributed by atoms with E-state index < -0.39 is 10.9 Å². The highest BCUT2D eigenvalue weighted by molar-refractivity contribution is 5.89. The van der Waals surface area contributed by atoms with Crippen LogP contribution in [0.1, 0.15) is 23.6 Å². The molecule has 0 radical (unpaired) electrons. The highest BCUT2D eigenvalue weighted by atomic mass is 16.6. The van der Waals surface area contributed by atoms with Crippen LogP contribution in [0.25, 0.3) is 28.4 Å². The Hall–Kier alpha value is -5.90. The number of benzene rings is 4. The topological polar surface area (TPSA) is 126 Å². The van der Waals surface area contributed by atoms with E-state index >= 15 is 0 Å². The fourth-order valence-corrected chi connectivity index (χ4v) is 4.25. The predicted octanol–water partition coefficient (Wildman–Crippen LogP) is 6.18. The van der Waals surface area contributed by atoms with Gasteiger partial charge >= 0.3 is 5.97 Å². The molecule has 0 aliphatic heterocycles. The summed E-state index contributed by atoms with van der Waals surface area (Å²) in [5, 5.41) is 15.9. The molecule has 5 aromatic rings. The third kappa shape index (κ3) is 6.71. The lowest BCUT2D eigenvalue weighted by Gasteiger charge is -2.11. The number of nitro benzene ring substituents is 1. The minimum Gasteiger partial charge on any atom is -0.490 e. The van der Waals surface area contributed by atoms with E-state index in [1.807, 2.05) is 37.3 Å². The second-order valence-electron chi connectivity index (χ2n) is 9.43. The van der Waals surface area contributed by atoms with Crippen molar-refractivity contribution in [1.82, 2.24) is 9.66 Å². The number of esters is 1. The number of aromatic nitrogens is 2. The van der Waals surface area contributed by atoms with Gasteiger partial charge in [0.2, 0.25) is 0 Å². The Morgan fingerprint density at radius 1 is 0.977 bits per heavy atom. The fourth-order valence-electron chi connectivity index (χ4n) is 4.25. The molecule has 10 heteroatoms. The monoisotopic (exact) mass is 574 g/mol. The number of rotatable bonds is 9. The van der Waals surface area contributed by atoms with Crippen molar-refractivity contribution in [2.75, 3.05) is 6.61 Å². The van der Waals surface area contributed by atoms with E-state index in [0.717, 1.165) is 11.1 Å². The molecule has 5 rings (SSSR count). The molecule has 0 fully saturated rings. The zero-order valence-electron chi connectivity index (χ0n) is 23.3. The van der Waals surface area contributed by atoms with Crippen LogP contribution in [-0.2, 0) is 4.79 Å². The molecule has 0 spiro atoms. The quantitative estimate of drug-likeness (QED) is 0.0514. The Kier molecular flexibility index (Phi) is 8.48. The highest BCUT2D eigenvalue weighted by Crippen LogP contribution is 2.29. The summed E-state index contributed by atoms with van der Waals surface area (Å²) in [7, 11) is 0. The number of nitro groups is 1. The maximum Gasteiger partial charge on any atom is 0.336 e. The maximum absolute atomic E-state index is 13.5. The number of ether oxygens (including phenoxy) is 2. The predicted molar refractivity (Wildman–Crippen MR) is 165 cm³/mol. The van der Waals surface area contributed by atoms with Crippen molar-refractivity contribution in [1.29, 1.82) is 0 Å². The largest absolute Gasteiger partial charge is 0.490 e. The number of carbonyl (C=O) groups excluding carboxylic acids is 1. The number of carbonyl (C=O) groups is 1. The van der Waals surface area contributed by atoms with Crippen LogP contribution in [0, 0.1) is 17.0 Å². The molecule has 0 aliphatic rings. The number of non-ortho nitro benzene ring substituents is 1. The first kappa shape index (κ1) is 28.6. The zero-order valence-corrected chi connectivity index (χ0v) is 23.3. The minimum absolute atomic E-state index is 0.0841. The van der Waals surface area contributed by atoms with E-state index in [-0.39, 0.29) is 17.0 Å². The van der Waals surface area contributed by atoms with Gasteiger partial charge in [0.05, 0.1) is 28.6 Å². The van der Waals surface area contributed by atoms with Crippen LogP contribution in [-0.4, -0.2) is 33.4 Å². The average molecular weight is 575 g/mol. The van der Waals surface area contributed by atoms with Crippen molar-refractivity contribution in [2.24, 2.45) is 5.10 Å². The summed E-state index contributed by atoms with van der Waals surface area (Å²) in [6.45, 7) is 4.08. The van der Waals surface area contributed by atoms with Gasteiger partial charge in [-0.1, -0.05) is 54.1 Å². The lowest BCUT2D eigenvalue weighted by Crippen LogP contribution is -2.20. The molecular weight excluding hydrogens is 548 g/mol. The number of hydrogen-bond acceptors (Lipinski definition) is 8. The lowest BCUT2D eigenvalue weighted by atomic mass is 10.1. The summed E-state index contributed by atoms with van der Waals surface area (Å²) in [6, 6.07) is 25.5. The summed E-state index contributed by atoms with van der Waals surface area (Å²) in [5.41, 5.74) is 3.05. The van der Waals surface area contributed by atoms with Crippen molar-refractivity contribution < 1.29 is 19.2 Å². The Morgan fingerprint density at radius 3 is 2.53 bits per heavy atom. The van der Waals surface area contributed by atoms with Gasteiger partial charge in [-0.05, 0) is 61.4 Å². The zero-order chi connectivity index (χ0) is 30.3. The molecule has 0 atom stereocenters. The molecule has 0 bridgehead atoms. The maximum atomic E-state index is 13.5. The molecule has 214 valence electrons. The molecule has 1 heterocycles. The summed E-state index contributed by atoms with van der Waals surface area (Å²) in [6.07, 6.45) is 4.11. The van der Waals surface area contributed by atoms with Gasteiger partial charge < -0.3 is 9.47 Å². The normalized spacial score (nSPS) is 11.3. The Bertz CT molecular complexity index is 1940. The van der Waals surface area contributed by atoms with E-state index in [1.54, 1.807) is 49.4 Å². The average Bonchev–Trinajstić information content (AvgIpc) is 3.01. The number of aryl methyl sites for hydroxylation is 1. The first-order chi connectivity index (χ1) is 20.8. The summed E-state index contributed by atoms with van der Waals surface area (Å²) in [5.74, 6) is 0.181. The number of nitrogens with zero attached hydrogens (tertiary/aromatic N) is 4. The van der Waals surface area contributed by atoms with Gasteiger partial charge in [-0.3, -0.25) is 14.9 Å². The van der Waals surface area contributed by atoms with E-state index in [4.69, 9.17) is 14.5 Å². The molecule has 0 saturated heterocycles. The third-order valence-corrected chi connectivity index (χ3v) is 6.36. The van der Waals surface area contributed by atoms with Gasteiger partial charge in [0.25, 0.3) is 11.2 Å². The van der Waals surface area contributed by atoms with Crippen LogP contribution < -0.4 is 15.0 Å². The van der Waals surface area contributed by atoms with Crippen LogP contribution >= 0.6 is 0 Å². The molecule has 0 aliphatic carbocycles. The second kappa shape index (κ2) is 12.7. The van der Waals surface area contributed by atoms with Crippen LogP contribution in [0.15, 0.2) is 107 Å². The Labute approximate surface area is 246 Å². The van der Waals surface area contributed by atoms with Crippen molar-refractivity contribution in [2.45, 2.75) is 13.8 Å². The first-order valence-electron chi connectivity index (χ1n) is 13.4. The molecular formula is C33H26N4O6. The van der Waals surface area contributed by atoms with Crippen LogP contribution in [0.5, 0.6) is 11.5 Å². The Morgan fingerprint density at radius 2 is 1.77 bits per heavy atom. The Balaban J connectivity index is 1.43. The molecule has 0 N–H and O–H groups in total. The molecule has 0 saturated carbocycles. The van der Waals surface area contributed by atoms with Gasteiger partial charge in [0.15, 0.2) is 17.3 Å². The first-order valence-corrected chi connectivity index (χ1v) is 13.4. The van der Waals surface area contributed by atoms with E-state index in [0.29, 0.717) is 40.2 Å². The molecule has 43 heavy (non-hydrogen) atoms. The standard InChI is InChI=1S/C33H26N4O6/c1-3-42-30-20-24(13-17-29(30)43-31(38)18-14-23-7-6-8-26(19-23)37(40)41)21-34-36-32(25-15-11-22(2)12-16-25)35-28-10-5-4-9-27(28)33(36)39/h4-21H,3H2,1-2H3/b18-14+,34-21?. The molecule has 0 amide bonds. The van der Waals surface area contributed by atoms with Crippen molar-refractivity contribution in [3.63, 3.8) is 0 Å². The van der Waals surface area contributed by atoms with E-state index in [1.165, 1.54) is 41.2 Å². The lowest BCUT2D eigenvalue weighted by molar-refractivity contribution is -0.384. The van der Waals surface area contributed by atoms with Crippen LogP contribution in [0.3, 0.4) is 0 Å². The number of para-hydroxylation sites is 1. The van der Waals surface area contributed by atoms with Gasteiger partial charge in [0, 0.05) is 23.8 Å². The summed E-state index contributed by atoms with van der Waals surface area (Å²) >= 11 is 0. The third-order valence-electron chi connectivity index (χ3n) is 6.36. The summed E-state index contributed by atoms with van der Waals surface area (Å²) < 4.78 is 12.4. The molecule has 0 unspecified atom stereocenters. The molecule has 10 nitrogen and oxygen atoms in total. The van der Waals surface area contributed by atoms with Gasteiger partial charge in [-0.15, -0.1) is 0 Å². The minimum atomic E-state index is -0.689. The smallest absolute Gasteiger partial charge is 0.336 e. The van der Waals surface area contributed by atoms with Gasteiger partial charge in [-0.25, -0.2) is 9.78 Å². The van der Waals surface area contributed by atoms with Crippen molar-refractivity contribution >= 4 is 34.9 Å².